The van der Waals surface area contributed by atoms with E-state index in [2.05, 4.69) is 34.2 Å². The molecule has 0 aromatic heterocycles. The number of aryl methyl sites for hydroxylation is 1. The molecule has 1 amide bonds. The van der Waals surface area contributed by atoms with E-state index in [0.29, 0.717) is 19.4 Å². The third kappa shape index (κ3) is 5.39. The third-order valence-electron chi connectivity index (χ3n) is 6.79. The fourth-order valence-electron chi connectivity index (χ4n) is 4.66. The van der Waals surface area contributed by atoms with E-state index in [0.717, 1.165) is 44.0 Å². The van der Waals surface area contributed by atoms with Gasteiger partial charge in [-0.3, -0.25) is 4.79 Å². The van der Waals surface area contributed by atoms with Crippen molar-refractivity contribution in [1.82, 2.24) is 9.21 Å². The van der Waals surface area contributed by atoms with Gasteiger partial charge in [-0.15, -0.1) is 0 Å². The first-order chi connectivity index (χ1) is 15.9. The van der Waals surface area contributed by atoms with Crippen LogP contribution in [0.3, 0.4) is 0 Å². The Morgan fingerprint density at radius 2 is 1.76 bits per heavy atom. The van der Waals surface area contributed by atoms with E-state index >= 15 is 0 Å². The summed E-state index contributed by atoms with van der Waals surface area (Å²) < 4.78 is 27.4. The number of piperidine rings is 1. The summed E-state index contributed by atoms with van der Waals surface area (Å²) in [6, 6.07) is 14.6. The summed E-state index contributed by atoms with van der Waals surface area (Å²) in [6.07, 6.45) is 1.36. The van der Waals surface area contributed by atoms with Crippen molar-refractivity contribution in [2.75, 3.05) is 56.0 Å². The Labute approximate surface area is 197 Å². The lowest BCUT2D eigenvalue weighted by Crippen LogP contribution is -2.46. The van der Waals surface area contributed by atoms with E-state index < -0.39 is 10.0 Å². The highest BCUT2D eigenvalue weighted by Gasteiger charge is 2.33. The average Bonchev–Trinajstić information content (AvgIpc) is 2.86. The van der Waals surface area contributed by atoms with Gasteiger partial charge < -0.3 is 15.1 Å². The van der Waals surface area contributed by atoms with Gasteiger partial charge in [0.25, 0.3) is 0 Å². The molecule has 1 atom stereocenters. The molecule has 2 fully saturated rings. The van der Waals surface area contributed by atoms with Gasteiger partial charge in [0.1, 0.15) is 0 Å². The molecule has 1 unspecified atom stereocenters. The van der Waals surface area contributed by atoms with Crippen LogP contribution in [-0.4, -0.2) is 69.3 Å². The van der Waals surface area contributed by atoms with E-state index in [1.54, 1.807) is 30.3 Å². The first-order valence-electron chi connectivity index (χ1n) is 11.8. The molecule has 2 aromatic rings. The van der Waals surface area contributed by atoms with E-state index in [4.69, 9.17) is 0 Å². The SMILES string of the molecule is CCN1CCN(c2ccc(NC(=O)C3CCCN(S(=O)(=O)c4ccccc4)C3)c(C)c2)CC1. The molecule has 0 saturated carbocycles. The Balaban J connectivity index is 1.40. The van der Waals surface area contributed by atoms with Crippen LogP contribution in [0.2, 0.25) is 0 Å². The second-order valence-electron chi connectivity index (χ2n) is 8.93. The van der Waals surface area contributed by atoms with Crippen LogP contribution in [0.1, 0.15) is 25.3 Å². The number of sulfonamides is 1. The number of rotatable bonds is 6. The molecule has 0 radical (unpaired) electrons. The monoisotopic (exact) mass is 470 g/mol. The Morgan fingerprint density at radius 3 is 2.42 bits per heavy atom. The highest BCUT2D eigenvalue weighted by molar-refractivity contribution is 7.89. The Morgan fingerprint density at radius 1 is 1.03 bits per heavy atom. The maximum Gasteiger partial charge on any atom is 0.243 e. The molecule has 1 N–H and O–H groups in total. The molecule has 4 rings (SSSR count). The van der Waals surface area contributed by atoms with Crippen LogP contribution in [0.5, 0.6) is 0 Å². The van der Waals surface area contributed by atoms with Crippen LogP contribution in [0, 0.1) is 12.8 Å². The zero-order valence-corrected chi connectivity index (χ0v) is 20.4. The Kier molecular flexibility index (Phi) is 7.36. The van der Waals surface area contributed by atoms with Crippen molar-refractivity contribution < 1.29 is 13.2 Å². The summed E-state index contributed by atoms with van der Waals surface area (Å²) in [5, 5.41) is 3.05. The van der Waals surface area contributed by atoms with Gasteiger partial charge in [-0.2, -0.15) is 4.31 Å². The lowest BCUT2D eigenvalue weighted by molar-refractivity contribution is -0.120. The van der Waals surface area contributed by atoms with Crippen molar-refractivity contribution in [3.05, 3.63) is 54.1 Å². The molecule has 178 valence electrons. The molecule has 33 heavy (non-hydrogen) atoms. The third-order valence-corrected chi connectivity index (χ3v) is 8.67. The lowest BCUT2D eigenvalue weighted by atomic mass is 9.98. The summed E-state index contributed by atoms with van der Waals surface area (Å²) in [6.45, 7) is 10.1. The number of nitrogens with zero attached hydrogens (tertiary/aromatic N) is 3. The van der Waals surface area contributed by atoms with Gasteiger partial charge >= 0.3 is 0 Å². The first-order valence-corrected chi connectivity index (χ1v) is 13.3. The van der Waals surface area contributed by atoms with Crippen LogP contribution in [-0.2, 0) is 14.8 Å². The molecule has 0 spiro atoms. The normalized spacial score (nSPS) is 20.5. The van der Waals surface area contributed by atoms with E-state index in [9.17, 15) is 13.2 Å². The zero-order chi connectivity index (χ0) is 23.4. The van der Waals surface area contributed by atoms with Crippen molar-refractivity contribution in [1.29, 1.82) is 0 Å². The minimum Gasteiger partial charge on any atom is -0.369 e. The zero-order valence-electron chi connectivity index (χ0n) is 19.5. The summed E-state index contributed by atoms with van der Waals surface area (Å²) in [5.74, 6) is -0.478. The maximum absolute atomic E-state index is 13.0. The number of likely N-dealkylation sites (N-methyl/N-ethyl adjacent to an activating group) is 1. The van der Waals surface area contributed by atoms with Crippen LogP contribution in [0.25, 0.3) is 0 Å². The number of benzene rings is 2. The molecule has 2 heterocycles. The van der Waals surface area contributed by atoms with E-state index in [-0.39, 0.29) is 23.3 Å². The van der Waals surface area contributed by atoms with Crippen molar-refractivity contribution in [3.8, 4) is 0 Å². The Bertz CT molecular complexity index is 1070. The predicted octanol–water partition coefficient (Wildman–Crippen LogP) is 3.18. The molecular weight excluding hydrogens is 436 g/mol. The van der Waals surface area contributed by atoms with Crippen LogP contribution in [0.4, 0.5) is 11.4 Å². The second-order valence-corrected chi connectivity index (χ2v) is 10.9. The van der Waals surface area contributed by atoms with Crippen molar-refractivity contribution in [3.63, 3.8) is 0 Å². The lowest BCUT2D eigenvalue weighted by Gasteiger charge is -2.35. The van der Waals surface area contributed by atoms with Crippen LogP contribution < -0.4 is 10.2 Å². The average molecular weight is 471 g/mol. The highest BCUT2D eigenvalue weighted by Crippen LogP contribution is 2.27. The van der Waals surface area contributed by atoms with Crippen molar-refractivity contribution in [2.45, 2.75) is 31.6 Å². The molecule has 2 aliphatic heterocycles. The smallest absolute Gasteiger partial charge is 0.243 e. The number of hydrogen-bond acceptors (Lipinski definition) is 5. The van der Waals surface area contributed by atoms with Crippen LogP contribution in [0.15, 0.2) is 53.4 Å². The minimum absolute atomic E-state index is 0.115. The highest BCUT2D eigenvalue weighted by atomic mass is 32.2. The molecule has 0 bridgehead atoms. The summed E-state index contributed by atoms with van der Waals surface area (Å²) in [5.41, 5.74) is 2.99. The fraction of sp³-hybridized carbons (Fsp3) is 0.480. The van der Waals surface area contributed by atoms with Gasteiger partial charge in [0.05, 0.1) is 10.8 Å². The summed E-state index contributed by atoms with van der Waals surface area (Å²) in [4.78, 5) is 18.1. The molecule has 7 nitrogen and oxygen atoms in total. The molecule has 2 saturated heterocycles. The number of carbonyl (C=O) groups excluding carboxylic acids is 1. The quantitative estimate of drug-likeness (QED) is 0.702. The van der Waals surface area contributed by atoms with Gasteiger partial charge in [0.15, 0.2) is 0 Å². The number of piperazine rings is 1. The van der Waals surface area contributed by atoms with Gasteiger partial charge in [-0.1, -0.05) is 25.1 Å². The molecular formula is C25H34N4O3S. The van der Waals surface area contributed by atoms with E-state index in [1.165, 1.54) is 9.99 Å². The van der Waals surface area contributed by atoms with Gasteiger partial charge in [-0.25, -0.2) is 8.42 Å². The molecule has 2 aliphatic rings. The van der Waals surface area contributed by atoms with Gasteiger partial charge in [0.2, 0.25) is 15.9 Å². The molecule has 2 aromatic carbocycles. The summed E-state index contributed by atoms with van der Waals surface area (Å²) in [7, 11) is -3.59. The van der Waals surface area contributed by atoms with Crippen LogP contribution >= 0.6 is 0 Å². The largest absolute Gasteiger partial charge is 0.369 e. The number of carbonyl (C=O) groups is 1. The standard InChI is InChI=1S/C25H34N4O3S/c1-3-27-14-16-28(17-15-27)22-11-12-24(20(2)18-22)26-25(30)21-8-7-13-29(19-21)33(31,32)23-9-5-4-6-10-23/h4-6,9-12,18,21H,3,7-8,13-17,19H2,1-2H3,(H,26,30). The number of nitrogens with one attached hydrogen (secondary N) is 1. The Hall–Kier alpha value is -2.42. The first kappa shape index (κ1) is 23.7. The topological polar surface area (TPSA) is 73.0 Å². The number of hydrogen-bond donors (Lipinski definition) is 1. The fourth-order valence-corrected chi connectivity index (χ4v) is 6.20. The molecule has 0 aliphatic carbocycles. The van der Waals surface area contributed by atoms with Crippen molar-refractivity contribution >= 4 is 27.3 Å². The molecule has 8 heteroatoms. The second kappa shape index (κ2) is 10.2. The predicted molar refractivity (Wildman–Crippen MR) is 132 cm³/mol. The maximum atomic E-state index is 13.0. The minimum atomic E-state index is -3.59. The van der Waals surface area contributed by atoms with E-state index in [1.807, 2.05) is 13.0 Å². The van der Waals surface area contributed by atoms with Gasteiger partial charge in [0, 0.05) is 50.6 Å². The van der Waals surface area contributed by atoms with Crippen molar-refractivity contribution in [2.24, 2.45) is 5.92 Å². The summed E-state index contributed by atoms with van der Waals surface area (Å²) >= 11 is 0. The number of amides is 1. The van der Waals surface area contributed by atoms with Gasteiger partial charge in [-0.05, 0) is 62.2 Å². The number of anilines is 2.